The van der Waals surface area contributed by atoms with Crippen molar-refractivity contribution in [3.05, 3.63) is 12.7 Å². The molecule has 1 saturated carbocycles. The lowest BCUT2D eigenvalue weighted by Gasteiger charge is -2.00. The summed E-state index contributed by atoms with van der Waals surface area (Å²) < 4.78 is 0. The molecule has 0 atom stereocenters. The van der Waals surface area contributed by atoms with Crippen LogP contribution in [0.15, 0.2) is 17.6 Å². The first-order valence-corrected chi connectivity index (χ1v) is 3.50. The van der Waals surface area contributed by atoms with Gasteiger partial charge in [-0.1, -0.05) is 6.08 Å². The second-order valence-electron chi connectivity index (χ2n) is 2.43. The lowest BCUT2D eigenvalue weighted by atomic mass is 10.6. The van der Waals surface area contributed by atoms with Gasteiger partial charge < -0.3 is 11.1 Å². The minimum atomic E-state index is 0.544. The molecule has 3 nitrogen and oxygen atoms in total. The molecule has 0 aromatic heterocycles. The molecule has 0 heterocycles. The Morgan fingerprint density at radius 1 is 1.80 bits per heavy atom. The average molecular weight is 139 g/mol. The van der Waals surface area contributed by atoms with E-state index in [9.17, 15) is 0 Å². The second kappa shape index (κ2) is 3.25. The Labute approximate surface area is 61.0 Å². The smallest absolute Gasteiger partial charge is 0.189 e. The Bertz CT molecular complexity index is 147. The van der Waals surface area contributed by atoms with Gasteiger partial charge in [-0.2, -0.15) is 0 Å². The van der Waals surface area contributed by atoms with Crippen LogP contribution in [0.5, 0.6) is 0 Å². The van der Waals surface area contributed by atoms with E-state index in [-0.39, 0.29) is 0 Å². The van der Waals surface area contributed by atoms with Crippen LogP contribution >= 0.6 is 0 Å². The topological polar surface area (TPSA) is 50.4 Å². The molecule has 3 N–H and O–H groups in total. The molecule has 0 saturated heterocycles. The van der Waals surface area contributed by atoms with Crippen LogP contribution in [0.25, 0.3) is 0 Å². The van der Waals surface area contributed by atoms with Gasteiger partial charge in [0.1, 0.15) is 0 Å². The minimum Gasteiger partial charge on any atom is -0.370 e. The van der Waals surface area contributed by atoms with Crippen LogP contribution in [0.3, 0.4) is 0 Å². The highest BCUT2D eigenvalue weighted by molar-refractivity contribution is 5.78. The molecular formula is C7H13N3. The van der Waals surface area contributed by atoms with Crippen LogP contribution in [0.1, 0.15) is 12.8 Å². The van der Waals surface area contributed by atoms with E-state index >= 15 is 0 Å². The summed E-state index contributed by atoms with van der Waals surface area (Å²) in [5.74, 6) is 0.544. The van der Waals surface area contributed by atoms with Gasteiger partial charge in [-0.05, 0) is 12.8 Å². The summed E-state index contributed by atoms with van der Waals surface area (Å²) in [6.45, 7) is 4.14. The van der Waals surface area contributed by atoms with Crippen molar-refractivity contribution in [2.24, 2.45) is 10.7 Å². The van der Waals surface area contributed by atoms with Gasteiger partial charge in [0.15, 0.2) is 5.96 Å². The Kier molecular flexibility index (Phi) is 2.31. The van der Waals surface area contributed by atoms with Crippen molar-refractivity contribution >= 4 is 5.96 Å². The lowest BCUT2D eigenvalue weighted by Crippen LogP contribution is -2.33. The monoisotopic (exact) mass is 139 g/mol. The number of rotatable bonds is 3. The molecule has 1 fully saturated rings. The molecule has 0 spiro atoms. The van der Waals surface area contributed by atoms with Crippen LogP contribution < -0.4 is 11.1 Å². The van der Waals surface area contributed by atoms with Crippen molar-refractivity contribution < 1.29 is 0 Å². The average Bonchev–Trinajstić information content (AvgIpc) is 2.67. The van der Waals surface area contributed by atoms with Crippen molar-refractivity contribution in [1.82, 2.24) is 5.32 Å². The van der Waals surface area contributed by atoms with Gasteiger partial charge in [0, 0.05) is 6.04 Å². The molecule has 10 heavy (non-hydrogen) atoms. The van der Waals surface area contributed by atoms with Gasteiger partial charge in [-0.3, -0.25) is 0 Å². The van der Waals surface area contributed by atoms with E-state index < -0.39 is 0 Å². The van der Waals surface area contributed by atoms with E-state index in [1.54, 1.807) is 6.08 Å². The van der Waals surface area contributed by atoms with Gasteiger partial charge in [0.05, 0.1) is 6.54 Å². The quantitative estimate of drug-likeness (QED) is 0.334. The molecule has 0 amide bonds. The van der Waals surface area contributed by atoms with Crippen molar-refractivity contribution in [3.8, 4) is 0 Å². The SMILES string of the molecule is C=CCN=C(N)NC1CC1. The fourth-order valence-electron chi connectivity index (χ4n) is 0.645. The first kappa shape index (κ1) is 7.12. The van der Waals surface area contributed by atoms with Gasteiger partial charge in [0.25, 0.3) is 0 Å². The maximum absolute atomic E-state index is 5.49. The second-order valence-corrected chi connectivity index (χ2v) is 2.43. The summed E-state index contributed by atoms with van der Waals surface area (Å²) in [6, 6.07) is 0.591. The van der Waals surface area contributed by atoms with Crippen molar-refractivity contribution in [2.75, 3.05) is 6.54 Å². The third kappa shape index (κ3) is 2.53. The number of hydrogen-bond donors (Lipinski definition) is 2. The Morgan fingerprint density at radius 3 is 3.00 bits per heavy atom. The molecule has 0 bridgehead atoms. The highest BCUT2D eigenvalue weighted by atomic mass is 15.1. The normalized spacial score (nSPS) is 18.6. The number of guanidine groups is 1. The maximum atomic E-state index is 5.49. The summed E-state index contributed by atoms with van der Waals surface area (Å²) in [6.07, 6.45) is 4.18. The minimum absolute atomic E-state index is 0.544. The van der Waals surface area contributed by atoms with E-state index in [2.05, 4.69) is 16.9 Å². The Hall–Kier alpha value is -0.990. The summed E-state index contributed by atoms with van der Waals surface area (Å²) in [5.41, 5.74) is 5.49. The molecule has 1 rings (SSSR count). The Balaban J connectivity index is 2.16. The molecule has 1 aliphatic rings. The van der Waals surface area contributed by atoms with Gasteiger partial charge in [-0.15, -0.1) is 6.58 Å². The number of nitrogens with zero attached hydrogens (tertiary/aromatic N) is 1. The van der Waals surface area contributed by atoms with Gasteiger partial charge >= 0.3 is 0 Å². The van der Waals surface area contributed by atoms with Crippen LogP contribution in [0.4, 0.5) is 0 Å². The van der Waals surface area contributed by atoms with E-state index in [1.807, 2.05) is 0 Å². The molecule has 0 radical (unpaired) electrons. The molecule has 0 aliphatic heterocycles. The largest absolute Gasteiger partial charge is 0.370 e. The van der Waals surface area contributed by atoms with E-state index in [1.165, 1.54) is 12.8 Å². The Morgan fingerprint density at radius 2 is 2.50 bits per heavy atom. The summed E-state index contributed by atoms with van der Waals surface area (Å²) in [4.78, 5) is 3.99. The van der Waals surface area contributed by atoms with E-state index in [0.29, 0.717) is 18.5 Å². The lowest BCUT2D eigenvalue weighted by molar-refractivity contribution is 0.889. The zero-order valence-electron chi connectivity index (χ0n) is 6.01. The molecule has 1 aliphatic carbocycles. The van der Waals surface area contributed by atoms with Crippen LogP contribution in [0, 0.1) is 0 Å². The molecule has 0 aromatic rings. The van der Waals surface area contributed by atoms with Crippen LogP contribution in [-0.4, -0.2) is 18.5 Å². The molecule has 0 unspecified atom stereocenters. The predicted octanol–water partition coefficient (Wildman–Crippen LogP) is 0.239. The molecule has 3 heteroatoms. The third-order valence-electron chi connectivity index (χ3n) is 1.32. The van der Waals surface area contributed by atoms with Crippen molar-refractivity contribution in [1.29, 1.82) is 0 Å². The summed E-state index contributed by atoms with van der Waals surface area (Å²) in [7, 11) is 0. The number of hydrogen-bond acceptors (Lipinski definition) is 1. The maximum Gasteiger partial charge on any atom is 0.189 e. The highest BCUT2D eigenvalue weighted by Gasteiger charge is 2.20. The molecule has 0 aromatic carbocycles. The number of nitrogens with one attached hydrogen (secondary N) is 1. The fourth-order valence-corrected chi connectivity index (χ4v) is 0.645. The zero-order valence-corrected chi connectivity index (χ0v) is 6.01. The summed E-state index contributed by atoms with van der Waals surface area (Å²) >= 11 is 0. The zero-order chi connectivity index (χ0) is 7.40. The van der Waals surface area contributed by atoms with Crippen LogP contribution in [-0.2, 0) is 0 Å². The first-order chi connectivity index (χ1) is 4.83. The highest BCUT2D eigenvalue weighted by Crippen LogP contribution is 2.17. The molecule has 56 valence electrons. The van der Waals surface area contributed by atoms with Gasteiger partial charge in [-0.25, -0.2) is 4.99 Å². The van der Waals surface area contributed by atoms with E-state index in [4.69, 9.17) is 5.73 Å². The van der Waals surface area contributed by atoms with Crippen LogP contribution in [0.2, 0.25) is 0 Å². The van der Waals surface area contributed by atoms with Gasteiger partial charge in [0.2, 0.25) is 0 Å². The molecular weight excluding hydrogens is 126 g/mol. The number of nitrogens with two attached hydrogens (primary N) is 1. The van der Waals surface area contributed by atoms with Crippen molar-refractivity contribution in [3.63, 3.8) is 0 Å². The third-order valence-corrected chi connectivity index (χ3v) is 1.32. The summed E-state index contributed by atoms with van der Waals surface area (Å²) in [5, 5.41) is 3.07. The van der Waals surface area contributed by atoms with E-state index in [0.717, 1.165) is 0 Å². The predicted molar refractivity (Wildman–Crippen MR) is 42.8 cm³/mol. The number of aliphatic imine (C=N–C) groups is 1. The first-order valence-electron chi connectivity index (χ1n) is 3.50. The fraction of sp³-hybridized carbons (Fsp3) is 0.571. The standard InChI is InChI=1S/C7H13N3/c1-2-5-9-7(8)10-6-3-4-6/h2,6H,1,3-5H2,(H3,8,9,10). The van der Waals surface area contributed by atoms with Crippen molar-refractivity contribution in [2.45, 2.75) is 18.9 Å².